The summed E-state index contributed by atoms with van der Waals surface area (Å²) in [7, 11) is 0. The Hall–Kier alpha value is -4.36. The second-order valence-electron chi connectivity index (χ2n) is 10.5. The lowest BCUT2D eigenvalue weighted by molar-refractivity contribution is 0.666. The molecule has 0 bridgehead atoms. The first-order valence-corrected chi connectivity index (χ1v) is 12.7. The van der Waals surface area contributed by atoms with Gasteiger partial charge in [0.1, 0.15) is 0 Å². The molecule has 0 saturated carbocycles. The Morgan fingerprint density at radius 1 is 0.528 bits per heavy atom. The summed E-state index contributed by atoms with van der Waals surface area (Å²) in [5.74, 6) is 0. The largest absolute Gasteiger partial charge is 0.309 e. The van der Waals surface area contributed by atoms with Gasteiger partial charge >= 0.3 is 0 Å². The van der Waals surface area contributed by atoms with Gasteiger partial charge in [0.05, 0.1) is 11.0 Å². The van der Waals surface area contributed by atoms with Gasteiger partial charge in [0.2, 0.25) is 0 Å². The van der Waals surface area contributed by atoms with E-state index in [0.29, 0.717) is 0 Å². The average Bonchev–Trinajstić information content (AvgIpc) is 3.39. The Morgan fingerprint density at radius 3 is 2.00 bits per heavy atom. The van der Waals surface area contributed by atoms with Crippen molar-refractivity contribution in [1.29, 1.82) is 0 Å². The van der Waals surface area contributed by atoms with E-state index in [-0.39, 0.29) is 5.41 Å². The fraction of sp³-hybridized carbons (Fsp3) is 0.0857. The number of benzene rings is 6. The van der Waals surface area contributed by atoms with Gasteiger partial charge in [-0.15, -0.1) is 0 Å². The van der Waals surface area contributed by atoms with Gasteiger partial charge in [0.25, 0.3) is 0 Å². The molecule has 0 amide bonds. The van der Waals surface area contributed by atoms with Gasteiger partial charge in [0, 0.05) is 27.3 Å². The summed E-state index contributed by atoms with van der Waals surface area (Å²) in [5, 5.41) is 7.98. The Balaban J connectivity index is 1.69. The maximum absolute atomic E-state index is 2.47. The average molecular weight is 460 g/mol. The summed E-state index contributed by atoms with van der Waals surface area (Å²) in [4.78, 5) is 0. The molecule has 0 saturated heterocycles. The standard InChI is InChI=1S/C35H25N/c1-35(2)29-18-10-8-17-27(29)31-24-15-6-7-16-25(24)32-28(33(31)35)21-20-26-23-14-9-11-19-30(23)36(34(26)32)22-12-4-3-5-13-22/h3-21H,1-2H3. The zero-order chi connectivity index (χ0) is 24.0. The van der Waals surface area contributed by atoms with E-state index in [1.165, 1.54) is 71.3 Å². The summed E-state index contributed by atoms with van der Waals surface area (Å²) in [5.41, 5.74) is 9.31. The molecule has 7 aromatic rings. The van der Waals surface area contributed by atoms with Crippen LogP contribution >= 0.6 is 0 Å². The van der Waals surface area contributed by atoms with E-state index >= 15 is 0 Å². The Morgan fingerprint density at radius 2 is 1.17 bits per heavy atom. The number of fused-ring (bicyclic) bond motifs is 12. The molecule has 1 heteroatoms. The van der Waals surface area contributed by atoms with E-state index in [9.17, 15) is 0 Å². The smallest absolute Gasteiger partial charge is 0.0625 e. The first-order chi connectivity index (χ1) is 17.7. The van der Waals surface area contributed by atoms with E-state index in [4.69, 9.17) is 0 Å². The van der Waals surface area contributed by atoms with Crippen molar-refractivity contribution < 1.29 is 0 Å². The molecule has 36 heavy (non-hydrogen) atoms. The lowest BCUT2D eigenvalue weighted by Crippen LogP contribution is -2.15. The summed E-state index contributed by atoms with van der Waals surface area (Å²) >= 11 is 0. The van der Waals surface area contributed by atoms with Crippen molar-refractivity contribution in [2.24, 2.45) is 0 Å². The third kappa shape index (κ3) is 2.35. The number of aromatic nitrogens is 1. The topological polar surface area (TPSA) is 4.93 Å². The molecule has 0 N–H and O–H groups in total. The van der Waals surface area contributed by atoms with Crippen molar-refractivity contribution in [2.45, 2.75) is 19.3 Å². The van der Waals surface area contributed by atoms with Gasteiger partial charge in [0.15, 0.2) is 0 Å². The van der Waals surface area contributed by atoms with Gasteiger partial charge < -0.3 is 4.57 Å². The highest BCUT2D eigenvalue weighted by Crippen LogP contribution is 2.55. The molecule has 6 aromatic carbocycles. The first kappa shape index (κ1) is 19.9. The van der Waals surface area contributed by atoms with E-state index in [2.05, 4.69) is 134 Å². The van der Waals surface area contributed by atoms with E-state index in [1.54, 1.807) is 0 Å². The lowest BCUT2D eigenvalue weighted by atomic mass is 9.79. The second-order valence-corrected chi connectivity index (χ2v) is 10.5. The van der Waals surface area contributed by atoms with Gasteiger partial charge in [-0.25, -0.2) is 0 Å². The van der Waals surface area contributed by atoms with Crippen LogP contribution in [0.5, 0.6) is 0 Å². The molecule has 0 aliphatic heterocycles. The van der Waals surface area contributed by atoms with Gasteiger partial charge in [-0.2, -0.15) is 0 Å². The van der Waals surface area contributed by atoms with Crippen molar-refractivity contribution in [2.75, 3.05) is 0 Å². The fourth-order valence-corrected chi connectivity index (χ4v) is 6.88. The van der Waals surface area contributed by atoms with E-state index < -0.39 is 0 Å². The molecule has 1 aromatic heterocycles. The number of para-hydroxylation sites is 2. The highest BCUT2D eigenvalue weighted by Gasteiger charge is 2.38. The minimum atomic E-state index is -0.0779. The van der Waals surface area contributed by atoms with Crippen molar-refractivity contribution in [3.63, 3.8) is 0 Å². The SMILES string of the molecule is CC1(C)c2ccccc2-c2c1c1ccc3c4ccccc4n(-c4ccccc4)c3c1c1ccccc21. The quantitative estimate of drug-likeness (QED) is 0.215. The molecular formula is C35H25N. The molecule has 8 rings (SSSR count). The Kier molecular flexibility index (Phi) is 3.79. The van der Waals surface area contributed by atoms with Crippen LogP contribution in [0.3, 0.4) is 0 Å². The first-order valence-electron chi connectivity index (χ1n) is 12.7. The second kappa shape index (κ2) is 6.86. The van der Waals surface area contributed by atoms with E-state index in [1.807, 2.05) is 0 Å². The van der Waals surface area contributed by atoms with Crippen LogP contribution < -0.4 is 0 Å². The maximum atomic E-state index is 2.47. The molecule has 1 aliphatic rings. The number of nitrogens with zero attached hydrogens (tertiary/aromatic N) is 1. The van der Waals surface area contributed by atoms with Gasteiger partial charge in [-0.1, -0.05) is 111 Å². The summed E-state index contributed by atoms with van der Waals surface area (Å²) in [6.45, 7) is 4.78. The number of hydrogen-bond donors (Lipinski definition) is 0. The fourth-order valence-electron chi connectivity index (χ4n) is 6.88. The zero-order valence-corrected chi connectivity index (χ0v) is 20.4. The van der Waals surface area contributed by atoms with E-state index in [0.717, 1.165) is 0 Å². The highest BCUT2D eigenvalue weighted by molar-refractivity contribution is 6.29. The molecule has 0 atom stereocenters. The molecule has 1 heterocycles. The molecule has 170 valence electrons. The van der Waals surface area contributed by atoms with Crippen molar-refractivity contribution in [1.82, 2.24) is 4.57 Å². The minimum Gasteiger partial charge on any atom is -0.309 e. The lowest BCUT2D eigenvalue weighted by Gasteiger charge is -2.24. The monoisotopic (exact) mass is 459 g/mol. The van der Waals surface area contributed by atoms with Crippen molar-refractivity contribution in [3.8, 4) is 16.8 Å². The van der Waals surface area contributed by atoms with Crippen LogP contribution in [0.4, 0.5) is 0 Å². The normalized spacial score (nSPS) is 14.1. The molecule has 1 aliphatic carbocycles. The Bertz CT molecular complexity index is 2000. The molecule has 0 radical (unpaired) electrons. The van der Waals surface area contributed by atoms with Crippen molar-refractivity contribution in [3.05, 3.63) is 126 Å². The van der Waals surface area contributed by atoms with Crippen LogP contribution in [0, 0.1) is 0 Å². The van der Waals surface area contributed by atoms with Crippen LogP contribution in [-0.4, -0.2) is 4.57 Å². The molecular weight excluding hydrogens is 434 g/mol. The summed E-state index contributed by atoms with van der Waals surface area (Å²) < 4.78 is 2.47. The maximum Gasteiger partial charge on any atom is 0.0625 e. The van der Waals surface area contributed by atoms with Crippen molar-refractivity contribution >= 4 is 43.4 Å². The van der Waals surface area contributed by atoms with Crippen LogP contribution in [0.2, 0.25) is 0 Å². The van der Waals surface area contributed by atoms with Gasteiger partial charge in [-0.3, -0.25) is 0 Å². The third-order valence-electron chi connectivity index (χ3n) is 8.33. The summed E-state index contributed by atoms with van der Waals surface area (Å²) in [6, 6.07) is 42.4. The minimum absolute atomic E-state index is 0.0779. The Labute approximate surface area is 210 Å². The predicted molar refractivity (Wildman–Crippen MR) is 153 cm³/mol. The van der Waals surface area contributed by atoms with Gasteiger partial charge in [-0.05, 0) is 56.6 Å². The number of rotatable bonds is 1. The highest BCUT2D eigenvalue weighted by atomic mass is 15.0. The van der Waals surface area contributed by atoms with Crippen LogP contribution in [0.25, 0.3) is 60.2 Å². The molecule has 0 fully saturated rings. The zero-order valence-electron chi connectivity index (χ0n) is 20.4. The number of hydrogen-bond acceptors (Lipinski definition) is 0. The third-order valence-corrected chi connectivity index (χ3v) is 8.33. The molecule has 1 nitrogen and oxygen atoms in total. The van der Waals surface area contributed by atoms with Crippen LogP contribution in [-0.2, 0) is 5.41 Å². The predicted octanol–water partition coefficient (Wildman–Crippen LogP) is 9.40. The van der Waals surface area contributed by atoms with Crippen LogP contribution in [0.1, 0.15) is 25.0 Å². The molecule has 0 unspecified atom stereocenters. The summed E-state index contributed by atoms with van der Waals surface area (Å²) in [6.07, 6.45) is 0. The molecule has 0 spiro atoms. The van der Waals surface area contributed by atoms with Crippen LogP contribution in [0.15, 0.2) is 115 Å².